The molecular formula is C12H14N4O. The number of nitrogens with one attached hydrogen (secondary N) is 1. The quantitative estimate of drug-likeness (QED) is 0.612. The maximum absolute atomic E-state index is 7.43. The molecule has 0 atom stereocenters. The van der Waals surface area contributed by atoms with Gasteiger partial charge < -0.3 is 15.0 Å². The molecular weight excluding hydrogens is 216 g/mol. The van der Waals surface area contributed by atoms with E-state index in [0.717, 1.165) is 5.56 Å². The van der Waals surface area contributed by atoms with E-state index in [1.54, 1.807) is 25.7 Å². The lowest BCUT2D eigenvalue weighted by Crippen LogP contribution is -2.12. The minimum atomic E-state index is 0.0102. The highest BCUT2D eigenvalue weighted by Gasteiger charge is 2.07. The Balaban J connectivity index is 2.28. The molecule has 1 aromatic heterocycles. The monoisotopic (exact) mass is 230 g/mol. The van der Waals surface area contributed by atoms with Gasteiger partial charge in [-0.25, -0.2) is 4.98 Å². The molecule has 1 heterocycles. The number of ether oxygens (including phenoxy) is 1. The van der Waals surface area contributed by atoms with E-state index in [9.17, 15) is 0 Å². The number of benzene rings is 1. The molecule has 2 rings (SSSR count). The van der Waals surface area contributed by atoms with Gasteiger partial charge in [0.25, 0.3) is 0 Å². The fourth-order valence-electron chi connectivity index (χ4n) is 1.65. The largest absolute Gasteiger partial charge is 0.496 e. The minimum absolute atomic E-state index is 0.0102. The second kappa shape index (κ2) is 4.69. The molecule has 0 fully saturated rings. The summed E-state index contributed by atoms with van der Waals surface area (Å²) in [6.07, 6.45) is 5.39. The van der Waals surface area contributed by atoms with Crippen LogP contribution < -0.4 is 10.5 Å². The van der Waals surface area contributed by atoms with Crippen LogP contribution in [-0.4, -0.2) is 22.5 Å². The predicted octanol–water partition coefficient (Wildman–Crippen LogP) is 1.22. The second-order valence-electron chi connectivity index (χ2n) is 3.68. The van der Waals surface area contributed by atoms with Gasteiger partial charge in [-0.2, -0.15) is 0 Å². The van der Waals surface area contributed by atoms with Crippen molar-refractivity contribution in [1.82, 2.24) is 9.55 Å². The Bertz CT molecular complexity index is 519. The number of nitrogen functional groups attached to an aromatic ring is 1. The molecule has 1 aromatic carbocycles. The number of hydrogen-bond donors (Lipinski definition) is 2. The molecule has 2 aromatic rings. The van der Waals surface area contributed by atoms with Gasteiger partial charge in [0.1, 0.15) is 11.6 Å². The van der Waals surface area contributed by atoms with Crippen LogP contribution in [0.3, 0.4) is 0 Å². The normalized spacial score (nSPS) is 10.2. The summed E-state index contributed by atoms with van der Waals surface area (Å²) in [7, 11) is 1.57. The third kappa shape index (κ3) is 2.44. The van der Waals surface area contributed by atoms with Crippen molar-refractivity contribution in [3.05, 3.63) is 48.0 Å². The van der Waals surface area contributed by atoms with Crippen LogP contribution in [0.4, 0.5) is 0 Å². The van der Waals surface area contributed by atoms with Crippen molar-refractivity contribution in [2.45, 2.75) is 6.54 Å². The summed E-state index contributed by atoms with van der Waals surface area (Å²) in [5, 5.41) is 7.43. The van der Waals surface area contributed by atoms with Crippen molar-refractivity contribution in [2.75, 3.05) is 7.11 Å². The van der Waals surface area contributed by atoms with E-state index in [4.69, 9.17) is 15.9 Å². The zero-order valence-electron chi connectivity index (χ0n) is 9.55. The summed E-state index contributed by atoms with van der Waals surface area (Å²) in [4.78, 5) is 3.98. The van der Waals surface area contributed by atoms with Crippen LogP contribution in [0, 0.1) is 5.41 Å². The predicted molar refractivity (Wildman–Crippen MR) is 65.3 cm³/mol. The minimum Gasteiger partial charge on any atom is -0.496 e. The van der Waals surface area contributed by atoms with Crippen LogP contribution in [0.2, 0.25) is 0 Å². The summed E-state index contributed by atoms with van der Waals surface area (Å²) in [6.45, 7) is 0.717. The lowest BCUT2D eigenvalue weighted by atomic mass is 10.1. The zero-order valence-corrected chi connectivity index (χ0v) is 9.55. The molecule has 0 spiro atoms. The molecule has 0 unspecified atom stereocenters. The molecule has 5 heteroatoms. The van der Waals surface area contributed by atoms with Crippen molar-refractivity contribution >= 4 is 5.84 Å². The molecule has 0 aliphatic heterocycles. The summed E-state index contributed by atoms with van der Waals surface area (Å²) in [6, 6.07) is 5.61. The number of amidine groups is 1. The lowest BCUT2D eigenvalue weighted by molar-refractivity contribution is 0.413. The van der Waals surface area contributed by atoms with Crippen molar-refractivity contribution in [2.24, 2.45) is 5.73 Å². The molecule has 17 heavy (non-hydrogen) atoms. The number of rotatable bonds is 4. The van der Waals surface area contributed by atoms with Gasteiger partial charge in [0.15, 0.2) is 0 Å². The fraction of sp³-hybridized carbons (Fsp3) is 0.167. The number of aromatic nitrogens is 2. The highest BCUT2D eigenvalue weighted by Crippen LogP contribution is 2.20. The van der Waals surface area contributed by atoms with E-state index in [-0.39, 0.29) is 5.84 Å². The summed E-state index contributed by atoms with van der Waals surface area (Å²) in [5.74, 6) is 0.631. The maximum Gasteiger partial charge on any atom is 0.130 e. The van der Waals surface area contributed by atoms with Crippen LogP contribution in [-0.2, 0) is 6.54 Å². The van der Waals surface area contributed by atoms with Gasteiger partial charge in [-0.15, -0.1) is 0 Å². The smallest absolute Gasteiger partial charge is 0.130 e. The Morgan fingerprint density at radius 2 is 2.35 bits per heavy atom. The van der Waals surface area contributed by atoms with Crippen LogP contribution in [0.25, 0.3) is 0 Å². The van der Waals surface area contributed by atoms with Crippen molar-refractivity contribution in [3.8, 4) is 5.75 Å². The first-order chi connectivity index (χ1) is 8.20. The second-order valence-corrected chi connectivity index (χ2v) is 3.68. The van der Waals surface area contributed by atoms with E-state index < -0.39 is 0 Å². The molecule has 0 bridgehead atoms. The first-order valence-corrected chi connectivity index (χ1v) is 5.17. The maximum atomic E-state index is 7.43. The number of hydrogen-bond acceptors (Lipinski definition) is 3. The number of nitrogens with zero attached hydrogens (tertiary/aromatic N) is 2. The summed E-state index contributed by atoms with van der Waals surface area (Å²) in [5.41, 5.74) is 7.15. The van der Waals surface area contributed by atoms with Gasteiger partial charge in [-0.05, 0) is 17.7 Å². The van der Waals surface area contributed by atoms with Gasteiger partial charge in [-0.1, -0.05) is 6.07 Å². The average molecular weight is 230 g/mol. The molecule has 0 radical (unpaired) electrons. The highest BCUT2D eigenvalue weighted by atomic mass is 16.5. The van der Waals surface area contributed by atoms with Crippen molar-refractivity contribution in [1.29, 1.82) is 5.41 Å². The van der Waals surface area contributed by atoms with Gasteiger partial charge >= 0.3 is 0 Å². The molecule has 88 valence electrons. The van der Waals surface area contributed by atoms with Gasteiger partial charge in [0, 0.05) is 18.9 Å². The SMILES string of the molecule is COc1cc(Cn2ccnc2)ccc1C(=N)N. The van der Waals surface area contributed by atoms with E-state index >= 15 is 0 Å². The van der Waals surface area contributed by atoms with Crippen molar-refractivity contribution < 1.29 is 4.74 Å². The van der Waals surface area contributed by atoms with E-state index in [0.29, 0.717) is 17.9 Å². The molecule has 0 amide bonds. The Morgan fingerprint density at radius 3 is 2.94 bits per heavy atom. The summed E-state index contributed by atoms with van der Waals surface area (Å²) >= 11 is 0. The molecule has 3 N–H and O–H groups in total. The number of nitrogens with two attached hydrogens (primary N) is 1. The average Bonchev–Trinajstić information content (AvgIpc) is 2.81. The van der Waals surface area contributed by atoms with E-state index in [2.05, 4.69) is 4.98 Å². The van der Waals surface area contributed by atoms with Crippen molar-refractivity contribution in [3.63, 3.8) is 0 Å². The number of methoxy groups -OCH3 is 1. The number of imidazole rings is 1. The standard InChI is InChI=1S/C12H14N4O/c1-17-11-6-9(2-3-10(11)12(13)14)7-16-5-4-15-8-16/h2-6,8H,7H2,1H3,(H3,13,14). The van der Waals surface area contributed by atoms with Crippen LogP contribution in [0.1, 0.15) is 11.1 Å². The molecule has 0 aliphatic carbocycles. The van der Waals surface area contributed by atoms with Gasteiger partial charge in [0.2, 0.25) is 0 Å². The lowest BCUT2D eigenvalue weighted by Gasteiger charge is -2.09. The zero-order chi connectivity index (χ0) is 12.3. The summed E-state index contributed by atoms with van der Waals surface area (Å²) < 4.78 is 7.18. The van der Waals surface area contributed by atoms with E-state index in [1.165, 1.54) is 0 Å². The van der Waals surface area contributed by atoms with Crippen LogP contribution in [0.15, 0.2) is 36.9 Å². The Labute approximate surface area is 99.4 Å². The Morgan fingerprint density at radius 1 is 1.53 bits per heavy atom. The van der Waals surface area contributed by atoms with Crippen LogP contribution in [0.5, 0.6) is 5.75 Å². The topological polar surface area (TPSA) is 76.9 Å². The van der Waals surface area contributed by atoms with Gasteiger partial charge in [0.05, 0.1) is 19.0 Å². The highest BCUT2D eigenvalue weighted by molar-refractivity contribution is 5.97. The molecule has 0 saturated carbocycles. The molecule has 0 aliphatic rings. The molecule has 0 saturated heterocycles. The third-order valence-corrected chi connectivity index (χ3v) is 2.48. The first-order valence-electron chi connectivity index (χ1n) is 5.17. The Hall–Kier alpha value is -2.30. The third-order valence-electron chi connectivity index (χ3n) is 2.48. The fourth-order valence-corrected chi connectivity index (χ4v) is 1.65. The molecule has 5 nitrogen and oxygen atoms in total. The first kappa shape index (κ1) is 11.2. The van der Waals surface area contributed by atoms with Crippen LogP contribution >= 0.6 is 0 Å². The van der Waals surface area contributed by atoms with E-state index in [1.807, 2.05) is 22.9 Å². The Kier molecular flexibility index (Phi) is 3.09. The van der Waals surface area contributed by atoms with Gasteiger partial charge in [-0.3, -0.25) is 5.41 Å².